The number of unbranched alkanes of at least 4 members (excludes halogenated alkanes) is 1. The summed E-state index contributed by atoms with van der Waals surface area (Å²) in [4.78, 5) is 10.6. The molecule has 3 aromatic carbocycles. The molecule has 4 rings (SSSR count). The van der Waals surface area contributed by atoms with E-state index in [0.29, 0.717) is 5.92 Å². The standard InChI is InChI=1S/C28H30O3/c1-2-3-18-30-25-14-16-27-23(20-25)11-15-26(21-7-5-4-6-8-21)28(27)22-9-12-24(13-10-22)31-19-17-29/h4-10,12-14,16-17,20,26,28H,2-3,11,15,18-19H2,1H3/t26-,28+/m1/s1. The maximum Gasteiger partial charge on any atom is 0.157 e. The summed E-state index contributed by atoms with van der Waals surface area (Å²) in [5.41, 5.74) is 5.41. The highest BCUT2D eigenvalue weighted by Gasteiger charge is 2.32. The van der Waals surface area contributed by atoms with Crippen LogP contribution in [0, 0.1) is 0 Å². The molecule has 0 saturated heterocycles. The summed E-state index contributed by atoms with van der Waals surface area (Å²) in [7, 11) is 0. The Hall–Kier alpha value is -3.07. The zero-order valence-electron chi connectivity index (χ0n) is 18.1. The molecule has 31 heavy (non-hydrogen) atoms. The van der Waals surface area contributed by atoms with E-state index in [0.717, 1.165) is 50.1 Å². The third-order valence-electron chi connectivity index (χ3n) is 6.13. The number of carbonyl (C=O) groups is 1. The van der Waals surface area contributed by atoms with E-state index in [2.05, 4.69) is 67.6 Å². The maximum absolute atomic E-state index is 10.6. The van der Waals surface area contributed by atoms with Gasteiger partial charge in [0.25, 0.3) is 0 Å². The molecule has 160 valence electrons. The van der Waals surface area contributed by atoms with Crippen LogP contribution < -0.4 is 9.47 Å². The number of carbonyl (C=O) groups excluding carboxylic acids is 1. The number of benzene rings is 3. The molecule has 3 aromatic rings. The third kappa shape index (κ3) is 4.99. The minimum Gasteiger partial charge on any atom is -0.494 e. The number of aryl methyl sites for hydroxylation is 1. The lowest BCUT2D eigenvalue weighted by Gasteiger charge is -2.35. The first-order valence-corrected chi connectivity index (χ1v) is 11.3. The fraction of sp³-hybridized carbons (Fsp3) is 0.321. The van der Waals surface area contributed by atoms with Crippen molar-refractivity contribution in [2.45, 2.75) is 44.4 Å². The molecule has 1 aliphatic rings. The van der Waals surface area contributed by atoms with Gasteiger partial charge in [-0.1, -0.05) is 61.9 Å². The number of hydrogen-bond donors (Lipinski definition) is 0. The zero-order chi connectivity index (χ0) is 21.5. The minimum atomic E-state index is 0.0824. The highest BCUT2D eigenvalue weighted by Crippen LogP contribution is 2.47. The summed E-state index contributed by atoms with van der Waals surface area (Å²) < 4.78 is 11.4. The molecule has 0 heterocycles. The molecular weight excluding hydrogens is 384 g/mol. The smallest absolute Gasteiger partial charge is 0.157 e. The van der Waals surface area contributed by atoms with Gasteiger partial charge in [-0.3, -0.25) is 4.79 Å². The number of rotatable bonds is 9. The van der Waals surface area contributed by atoms with Crippen LogP contribution in [0.25, 0.3) is 0 Å². The van der Waals surface area contributed by atoms with Crippen LogP contribution in [0.1, 0.15) is 60.3 Å². The van der Waals surface area contributed by atoms with Gasteiger partial charge in [0, 0.05) is 5.92 Å². The van der Waals surface area contributed by atoms with Gasteiger partial charge in [-0.05, 0) is 71.7 Å². The summed E-state index contributed by atoms with van der Waals surface area (Å²) >= 11 is 0. The second-order valence-corrected chi connectivity index (χ2v) is 8.14. The van der Waals surface area contributed by atoms with Crippen LogP contribution in [-0.4, -0.2) is 19.5 Å². The largest absolute Gasteiger partial charge is 0.494 e. The van der Waals surface area contributed by atoms with Gasteiger partial charge in [0.2, 0.25) is 0 Å². The number of fused-ring (bicyclic) bond motifs is 1. The lowest BCUT2D eigenvalue weighted by molar-refractivity contribution is -0.109. The van der Waals surface area contributed by atoms with Crippen LogP contribution in [0.2, 0.25) is 0 Å². The van der Waals surface area contributed by atoms with Crippen molar-refractivity contribution in [3.8, 4) is 11.5 Å². The maximum atomic E-state index is 10.6. The Kier molecular flexibility index (Phi) is 7.03. The molecule has 0 aromatic heterocycles. The second-order valence-electron chi connectivity index (χ2n) is 8.14. The third-order valence-corrected chi connectivity index (χ3v) is 6.13. The Morgan fingerprint density at radius 3 is 2.42 bits per heavy atom. The van der Waals surface area contributed by atoms with Gasteiger partial charge in [-0.2, -0.15) is 0 Å². The van der Waals surface area contributed by atoms with E-state index >= 15 is 0 Å². The van der Waals surface area contributed by atoms with Crippen LogP contribution in [0.4, 0.5) is 0 Å². The van der Waals surface area contributed by atoms with E-state index in [9.17, 15) is 4.79 Å². The van der Waals surface area contributed by atoms with E-state index in [4.69, 9.17) is 9.47 Å². The molecule has 0 radical (unpaired) electrons. The Bertz CT molecular complexity index is 979. The molecule has 0 N–H and O–H groups in total. The second kappa shape index (κ2) is 10.3. The van der Waals surface area contributed by atoms with Crippen molar-refractivity contribution in [3.05, 3.63) is 95.1 Å². The lowest BCUT2D eigenvalue weighted by atomic mass is 9.69. The van der Waals surface area contributed by atoms with Gasteiger partial charge in [0.05, 0.1) is 6.61 Å². The average Bonchev–Trinajstić information content (AvgIpc) is 2.83. The molecular formula is C28H30O3. The first kappa shape index (κ1) is 21.2. The van der Waals surface area contributed by atoms with Crippen molar-refractivity contribution < 1.29 is 14.3 Å². The monoisotopic (exact) mass is 414 g/mol. The van der Waals surface area contributed by atoms with Gasteiger partial charge >= 0.3 is 0 Å². The van der Waals surface area contributed by atoms with Gasteiger partial charge in [0.15, 0.2) is 6.29 Å². The summed E-state index contributed by atoms with van der Waals surface area (Å²) in [5, 5.41) is 0. The first-order chi connectivity index (χ1) is 15.3. The molecule has 2 atom stereocenters. The highest BCUT2D eigenvalue weighted by molar-refractivity contribution is 5.52. The summed E-state index contributed by atoms with van der Waals surface area (Å²) in [6, 6.07) is 25.7. The topological polar surface area (TPSA) is 35.5 Å². The minimum absolute atomic E-state index is 0.0824. The molecule has 0 amide bonds. The molecule has 0 fully saturated rings. The molecule has 3 heteroatoms. The van der Waals surface area contributed by atoms with Gasteiger partial charge in [0.1, 0.15) is 18.1 Å². The number of aldehydes is 1. The van der Waals surface area contributed by atoms with Crippen LogP contribution in [-0.2, 0) is 11.2 Å². The molecule has 0 saturated carbocycles. The molecule has 0 unspecified atom stereocenters. The van der Waals surface area contributed by atoms with E-state index in [1.54, 1.807) is 0 Å². The first-order valence-electron chi connectivity index (χ1n) is 11.3. The Morgan fingerprint density at radius 2 is 1.68 bits per heavy atom. The van der Waals surface area contributed by atoms with Gasteiger partial charge in [-0.25, -0.2) is 0 Å². The van der Waals surface area contributed by atoms with Gasteiger partial charge in [-0.15, -0.1) is 0 Å². The Labute approximate surface area is 185 Å². The van der Waals surface area contributed by atoms with Crippen LogP contribution in [0.3, 0.4) is 0 Å². The van der Waals surface area contributed by atoms with E-state index < -0.39 is 0 Å². The van der Waals surface area contributed by atoms with Crippen LogP contribution >= 0.6 is 0 Å². The molecule has 0 aliphatic heterocycles. The number of hydrogen-bond acceptors (Lipinski definition) is 3. The van der Waals surface area contributed by atoms with Gasteiger partial charge < -0.3 is 9.47 Å². The Balaban J connectivity index is 1.68. The predicted molar refractivity (Wildman–Crippen MR) is 124 cm³/mol. The van der Waals surface area contributed by atoms with Crippen molar-refractivity contribution in [2.75, 3.05) is 13.2 Å². The molecule has 3 nitrogen and oxygen atoms in total. The SMILES string of the molecule is CCCCOc1ccc2c(c1)CC[C@H](c1ccccc1)[C@@H]2c1ccc(OCC=O)cc1. The normalized spacial score (nSPS) is 17.6. The molecule has 1 aliphatic carbocycles. The van der Waals surface area contributed by atoms with Crippen LogP contribution in [0.5, 0.6) is 11.5 Å². The van der Waals surface area contributed by atoms with Crippen molar-refractivity contribution in [3.63, 3.8) is 0 Å². The van der Waals surface area contributed by atoms with E-state index in [1.165, 1.54) is 22.3 Å². The van der Waals surface area contributed by atoms with Crippen molar-refractivity contribution in [1.29, 1.82) is 0 Å². The predicted octanol–water partition coefficient (Wildman–Crippen LogP) is 6.31. The van der Waals surface area contributed by atoms with Crippen molar-refractivity contribution in [2.24, 2.45) is 0 Å². The molecule has 0 spiro atoms. The Morgan fingerprint density at radius 1 is 0.903 bits per heavy atom. The zero-order valence-corrected chi connectivity index (χ0v) is 18.1. The fourth-order valence-corrected chi connectivity index (χ4v) is 4.59. The highest BCUT2D eigenvalue weighted by atomic mass is 16.5. The fourth-order valence-electron chi connectivity index (χ4n) is 4.59. The summed E-state index contributed by atoms with van der Waals surface area (Å²) in [5.74, 6) is 2.39. The van der Waals surface area contributed by atoms with Crippen molar-refractivity contribution >= 4 is 6.29 Å². The number of ether oxygens (including phenoxy) is 2. The van der Waals surface area contributed by atoms with E-state index in [1.807, 2.05) is 12.1 Å². The average molecular weight is 415 g/mol. The lowest BCUT2D eigenvalue weighted by Crippen LogP contribution is -2.20. The van der Waals surface area contributed by atoms with Crippen molar-refractivity contribution in [1.82, 2.24) is 0 Å². The summed E-state index contributed by atoms with van der Waals surface area (Å²) in [6.07, 6.45) is 5.14. The quantitative estimate of drug-likeness (QED) is 0.304. The summed E-state index contributed by atoms with van der Waals surface area (Å²) in [6.45, 7) is 3.03. The molecule has 0 bridgehead atoms. The van der Waals surface area contributed by atoms with Crippen LogP contribution in [0.15, 0.2) is 72.8 Å². The van der Waals surface area contributed by atoms with E-state index in [-0.39, 0.29) is 12.5 Å².